The van der Waals surface area contributed by atoms with E-state index in [9.17, 15) is 19.8 Å². The van der Waals surface area contributed by atoms with Crippen molar-refractivity contribution in [1.82, 2.24) is 0 Å². The minimum Gasteiger partial charge on any atom is -0.472 e. The average molecular weight is 503 g/mol. The van der Waals surface area contributed by atoms with Gasteiger partial charge in [0.1, 0.15) is 17.8 Å². The summed E-state index contributed by atoms with van der Waals surface area (Å²) >= 11 is 0. The van der Waals surface area contributed by atoms with Crippen molar-refractivity contribution in [3.8, 4) is 0 Å². The normalized spacial score (nSPS) is 52.7. The molecule has 0 aromatic carbocycles. The number of epoxide rings is 1. The molecule has 1 spiro atoms. The number of aliphatic hydroxyl groups excluding tert-OH is 2. The van der Waals surface area contributed by atoms with Crippen LogP contribution < -0.4 is 0 Å². The van der Waals surface area contributed by atoms with Gasteiger partial charge in [-0.05, 0) is 42.6 Å². The van der Waals surface area contributed by atoms with Crippen LogP contribution in [-0.4, -0.2) is 52.2 Å². The molecule has 198 valence electrons. The molecule has 2 aliphatic heterocycles. The lowest BCUT2D eigenvalue weighted by Gasteiger charge is -2.71. The van der Waals surface area contributed by atoms with Crippen molar-refractivity contribution in [2.45, 2.75) is 103 Å². The summed E-state index contributed by atoms with van der Waals surface area (Å²) in [7, 11) is 0. The fourth-order valence-corrected chi connectivity index (χ4v) is 9.83. The predicted octanol–water partition coefficient (Wildman–Crippen LogP) is 3.55. The largest absolute Gasteiger partial charge is 0.472 e. The van der Waals surface area contributed by atoms with Crippen LogP contribution in [0.4, 0.5) is 0 Å². The second-order valence-electron chi connectivity index (χ2n) is 13.2. The second-order valence-corrected chi connectivity index (χ2v) is 13.2. The van der Waals surface area contributed by atoms with E-state index in [0.717, 1.165) is 12.0 Å². The second kappa shape index (κ2) is 7.14. The molecule has 1 aromatic rings. The number of esters is 2. The molecule has 36 heavy (non-hydrogen) atoms. The summed E-state index contributed by atoms with van der Waals surface area (Å²) in [5.74, 6) is -0.982. The van der Waals surface area contributed by atoms with Crippen LogP contribution in [0.3, 0.4) is 0 Å². The van der Waals surface area contributed by atoms with Crippen molar-refractivity contribution < 1.29 is 38.4 Å². The van der Waals surface area contributed by atoms with Gasteiger partial charge in [-0.2, -0.15) is 0 Å². The van der Waals surface area contributed by atoms with Gasteiger partial charge in [0, 0.05) is 35.2 Å². The Morgan fingerprint density at radius 1 is 1.06 bits per heavy atom. The third-order valence-corrected chi connectivity index (χ3v) is 11.7. The summed E-state index contributed by atoms with van der Waals surface area (Å²) < 4.78 is 23.7. The lowest BCUT2D eigenvalue weighted by molar-refractivity contribution is -0.295. The van der Waals surface area contributed by atoms with Crippen LogP contribution in [-0.2, 0) is 23.8 Å². The van der Waals surface area contributed by atoms with Crippen LogP contribution in [0.1, 0.15) is 78.9 Å². The molecule has 5 aliphatic rings. The fourth-order valence-electron chi connectivity index (χ4n) is 9.83. The number of ether oxygens (including phenoxy) is 3. The molecule has 8 nitrogen and oxygen atoms in total. The van der Waals surface area contributed by atoms with E-state index in [1.165, 1.54) is 6.92 Å². The van der Waals surface area contributed by atoms with Crippen LogP contribution in [0.2, 0.25) is 0 Å². The van der Waals surface area contributed by atoms with E-state index >= 15 is 0 Å². The number of carbonyl (C=O) groups is 2. The molecule has 2 saturated heterocycles. The van der Waals surface area contributed by atoms with Gasteiger partial charge in [0.25, 0.3) is 0 Å². The molecule has 8 heteroatoms. The number of cyclic esters (lactones) is 1. The number of carbonyl (C=O) groups excluding carboxylic acids is 2. The first-order valence-corrected chi connectivity index (χ1v) is 13.2. The van der Waals surface area contributed by atoms with E-state index < -0.39 is 63.8 Å². The maximum atomic E-state index is 13.2. The van der Waals surface area contributed by atoms with Gasteiger partial charge >= 0.3 is 11.9 Å². The lowest BCUT2D eigenvalue weighted by atomic mass is 9.34. The molecule has 0 radical (unpaired) electrons. The average Bonchev–Trinajstić information content (AvgIpc) is 3.37. The van der Waals surface area contributed by atoms with E-state index in [1.54, 1.807) is 12.5 Å². The molecule has 0 amide bonds. The molecule has 3 aliphatic carbocycles. The summed E-state index contributed by atoms with van der Waals surface area (Å²) in [4.78, 5) is 25.4. The topological polar surface area (TPSA) is 119 Å². The van der Waals surface area contributed by atoms with Gasteiger partial charge in [0.05, 0.1) is 24.7 Å². The monoisotopic (exact) mass is 502 g/mol. The molecule has 0 unspecified atom stereocenters. The highest BCUT2D eigenvalue weighted by molar-refractivity contribution is 5.82. The smallest absolute Gasteiger partial charge is 0.339 e. The van der Waals surface area contributed by atoms with Crippen molar-refractivity contribution in [3.05, 3.63) is 24.2 Å². The molecule has 11 atom stereocenters. The third-order valence-electron chi connectivity index (χ3n) is 11.7. The van der Waals surface area contributed by atoms with Crippen molar-refractivity contribution in [2.24, 2.45) is 33.5 Å². The van der Waals surface area contributed by atoms with E-state index in [0.29, 0.717) is 19.3 Å². The standard InChI is InChI=1S/C28H38O8/c1-14(29)34-20-12-18(30)24(2,3)17-11-19(31)27(6)16(26(17,20)5)7-9-25(4)21(15-8-10-33-13-15)35-23(32)22-28(25,27)36-22/h8,10,13,16-22,30-31H,7,9,11-12H2,1-6H3/t16-,17+,18-,19-,20+,21+,22+,25+,26+,27+,28-/m1/s1. The summed E-state index contributed by atoms with van der Waals surface area (Å²) in [6, 6.07) is 1.82. The Morgan fingerprint density at radius 2 is 1.78 bits per heavy atom. The molecule has 0 bridgehead atoms. The Labute approximate surface area is 211 Å². The number of fused-ring (bicyclic) bond motifs is 3. The zero-order valence-corrected chi connectivity index (χ0v) is 21.9. The Kier molecular flexibility index (Phi) is 4.85. The third kappa shape index (κ3) is 2.56. The van der Waals surface area contributed by atoms with Gasteiger partial charge in [-0.15, -0.1) is 0 Å². The number of furan rings is 1. The van der Waals surface area contributed by atoms with Crippen LogP contribution >= 0.6 is 0 Å². The first-order valence-electron chi connectivity index (χ1n) is 13.2. The lowest BCUT2D eigenvalue weighted by Crippen LogP contribution is -2.75. The molecule has 5 fully saturated rings. The maximum absolute atomic E-state index is 13.2. The van der Waals surface area contributed by atoms with Gasteiger partial charge < -0.3 is 28.8 Å². The summed E-state index contributed by atoms with van der Waals surface area (Å²) in [6.07, 6.45) is 2.17. The SMILES string of the molecule is CC(=O)O[C@H]1C[C@@H](O)C(C)(C)[C@@H]2C[C@@H](O)[C@]3(C)[C@H](CC[C@@]4(C)[C@H](c5ccoc5)OC(=O)[C@@H]5O[C@@]534)[C@]12C. The number of hydrogen-bond acceptors (Lipinski definition) is 8. The van der Waals surface area contributed by atoms with Crippen LogP contribution in [0.25, 0.3) is 0 Å². The van der Waals surface area contributed by atoms with Crippen molar-refractivity contribution in [1.29, 1.82) is 0 Å². The molecule has 1 aromatic heterocycles. The molecule has 2 N–H and O–H groups in total. The zero-order valence-electron chi connectivity index (χ0n) is 21.9. The van der Waals surface area contributed by atoms with Crippen LogP contribution in [0.5, 0.6) is 0 Å². The summed E-state index contributed by atoms with van der Waals surface area (Å²) in [5, 5.41) is 23.1. The predicted molar refractivity (Wildman–Crippen MR) is 126 cm³/mol. The first kappa shape index (κ1) is 24.4. The molecule has 3 saturated carbocycles. The van der Waals surface area contributed by atoms with E-state index in [2.05, 4.69) is 34.6 Å². The summed E-state index contributed by atoms with van der Waals surface area (Å²) in [5.41, 5.74) is -2.52. The van der Waals surface area contributed by atoms with E-state index in [1.807, 2.05) is 6.07 Å². The highest BCUT2D eigenvalue weighted by Gasteiger charge is 2.88. The van der Waals surface area contributed by atoms with Crippen LogP contribution in [0.15, 0.2) is 23.0 Å². The molecular formula is C28H38O8. The Hall–Kier alpha value is -1.90. The van der Waals surface area contributed by atoms with Gasteiger partial charge in [-0.25, -0.2) is 4.79 Å². The highest BCUT2D eigenvalue weighted by atomic mass is 16.7. The minimum atomic E-state index is -0.922. The van der Waals surface area contributed by atoms with Gasteiger partial charge in [0.15, 0.2) is 6.10 Å². The molecule has 6 rings (SSSR count). The number of aliphatic hydroxyl groups is 2. The van der Waals surface area contributed by atoms with Gasteiger partial charge in [-0.3, -0.25) is 4.79 Å². The van der Waals surface area contributed by atoms with E-state index in [4.69, 9.17) is 18.6 Å². The number of rotatable bonds is 2. The van der Waals surface area contributed by atoms with Gasteiger partial charge in [0.2, 0.25) is 0 Å². The first-order chi connectivity index (χ1) is 16.8. The summed E-state index contributed by atoms with van der Waals surface area (Å²) in [6.45, 7) is 11.8. The maximum Gasteiger partial charge on any atom is 0.339 e. The molecule has 3 heterocycles. The zero-order chi connectivity index (χ0) is 26.1. The Balaban J connectivity index is 1.51. The minimum absolute atomic E-state index is 0.0932. The number of hydrogen-bond donors (Lipinski definition) is 2. The van der Waals surface area contributed by atoms with Crippen molar-refractivity contribution >= 4 is 11.9 Å². The Bertz CT molecular complexity index is 1100. The van der Waals surface area contributed by atoms with Crippen molar-refractivity contribution in [2.75, 3.05) is 0 Å². The Morgan fingerprint density at radius 3 is 2.42 bits per heavy atom. The van der Waals surface area contributed by atoms with E-state index in [-0.39, 0.29) is 17.8 Å². The molecular weight excluding hydrogens is 464 g/mol. The quantitative estimate of drug-likeness (QED) is 0.466. The van der Waals surface area contributed by atoms with Crippen LogP contribution in [0, 0.1) is 33.5 Å². The fraction of sp³-hybridized carbons (Fsp3) is 0.786. The van der Waals surface area contributed by atoms with Crippen molar-refractivity contribution in [3.63, 3.8) is 0 Å². The highest BCUT2D eigenvalue weighted by Crippen LogP contribution is 2.80. The van der Waals surface area contributed by atoms with Gasteiger partial charge in [-0.1, -0.05) is 34.6 Å².